The van der Waals surface area contributed by atoms with E-state index in [0.29, 0.717) is 22.7 Å². The molecule has 0 bridgehead atoms. The van der Waals surface area contributed by atoms with Crippen LogP contribution in [0.25, 0.3) is 0 Å². The Hall–Kier alpha value is -1.93. The lowest BCUT2D eigenvalue weighted by Crippen LogP contribution is -2.19. The molecule has 0 fully saturated rings. The first kappa shape index (κ1) is 15.5. The SMILES string of the molecule is COc1cc(Br)ccc1C(=O)Nc1c(C(N)=S)cnn1C. The van der Waals surface area contributed by atoms with Gasteiger partial charge in [0.15, 0.2) is 0 Å². The van der Waals surface area contributed by atoms with Crippen molar-refractivity contribution >= 4 is 44.9 Å². The second kappa shape index (κ2) is 6.23. The van der Waals surface area contributed by atoms with Crippen LogP contribution in [0.15, 0.2) is 28.9 Å². The van der Waals surface area contributed by atoms with Crippen LogP contribution in [-0.2, 0) is 7.05 Å². The van der Waals surface area contributed by atoms with Gasteiger partial charge >= 0.3 is 0 Å². The second-order valence-electron chi connectivity index (χ2n) is 4.19. The largest absolute Gasteiger partial charge is 0.496 e. The monoisotopic (exact) mass is 368 g/mol. The molecule has 0 spiro atoms. The van der Waals surface area contributed by atoms with Gasteiger partial charge in [0.2, 0.25) is 0 Å². The summed E-state index contributed by atoms with van der Waals surface area (Å²) in [7, 11) is 3.19. The summed E-state index contributed by atoms with van der Waals surface area (Å²) in [5, 5.41) is 6.79. The minimum atomic E-state index is -0.333. The number of benzene rings is 1. The van der Waals surface area contributed by atoms with Gasteiger partial charge in [0.1, 0.15) is 16.6 Å². The molecule has 8 heteroatoms. The molecule has 2 aromatic rings. The van der Waals surface area contributed by atoms with Crippen LogP contribution < -0.4 is 15.8 Å². The van der Waals surface area contributed by atoms with Crippen LogP contribution in [0.5, 0.6) is 5.75 Å². The van der Waals surface area contributed by atoms with Crippen LogP contribution in [0.3, 0.4) is 0 Å². The van der Waals surface area contributed by atoms with Gasteiger partial charge in [-0.2, -0.15) is 5.10 Å². The molecule has 1 amide bonds. The molecule has 1 aromatic heterocycles. The number of aromatic nitrogens is 2. The standard InChI is InChI=1S/C13H13BrN4O2S/c1-18-12(9(6-16-18)11(15)21)17-13(19)8-4-3-7(14)5-10(8)20-2/h3-6H,1-2H3,(H2,15,21)(H,17,19). The van der Waals surface area contributed by atoms with Gasteiger partial charge in [-0.25, -0.2) is 0 Å². The quantitative estimate of drug-likeness (QED) is 0.807. The Balaban J connectivity index is 2.35. The maximum atomic E-state index is 12.4. The lowest BCUT2D eigenvalue weighted by Gasteiger charge is -2.11. The Bertz CT molecular complexity index is 714. The number of anilines is 1. The van der Waals surface area contributed by atoms with Gasteiger partial charge < -0.3 is 15.8 Å². The Morgan fingerprint density at radius 3 is 2.81 bits per heavy atom. The molecule has 6 nitrogen and oxygen atoms in total. The molecule has 0 atom stereocenters. The number of hydrogen-bond acceptors (Lipinski definition) is 4. The topological polar surface area (TPSA) is 82.2 Å². The predicted octanol–water partition coefficient (Wildman–Crippen LogP) is 2.08. The number of aryl methyl sites for hydroxylation is 1. The lowest BCUT2D eigenvalue weighted by molar-refractivity contribution is 0.102. The summed E-state index contributed by atoms with van der Waals surface area (Å²) in [4.78, 5) is 12.6. The Morgan fingerprint density at radius 2 is 2.19 bits per heavy atom. The number of carbonyl (C=O) groups excluding carboxylic acids is 1. The molecule has 2 rings (SSSR count). The Kier molecular flexibility index (Phi) is 4.59. The van der Waals surface area contributed by atoms with Crippen molar-refractivity contribution in [3.8, 4) is 5.75 Å². The van der Waals surface area contributed by atoms with Crippen molar-refractivity contribution < 1.29 is 9.53 Å². The third kappa shape index (κ3) is 3.22. The first-order chi connectivity index (χ1) is 9.93. The highest BCUT2D eigenvalue weighted by molar-refractivity contribution is 9.10. The van der Waals surface area contributed by atoms with Crippen molar-refractivity contribution in [2.75, 3.05) is 12.4 Å². The first-order valence-electron chi connectivity index (χ1n) is 5.90. The second-order valence-corrected chi connectivity index (χ2v) is 5.55. The van der Waals surface area contributed by atoms with E-state index in [0.717, 1.165) is 4.47 Å². The van der Waals surface area contributed by atoms with E-state index in [1.54, 1.807) is 25.2 Å². The van der Waals surface area contributed by atoms with Crippen molar-refractivity contribution in [3.05, 3.63) is 40.0 Å². The zero-order valence-corrected chi connectivity index (χ0v) is 13.8. The molecular formula is C13H13BrN4O2S. The van der Waals surface area contributed by atoms with E-state index in [1.807, 2.05) is 0 Å². The van der Waals surface area contributed by atoms with Gasteiger partial charge in [-0.15, -0.1) is 0 Å². The number of hydrogen-bond donors (Lipinski definition) is 2. The molecule has 21 heavy (non-hydrogen) atoms. The number of methoxy groups -OCH3 is 1. The van der Waals surface area contributed by atoms with Gasteiger partial charge in [0.25, 0.3) is 5.91 Å². The predicted molar refractivity (Wildman–Crippen MR) is 87.7 cm³/mol. The highest BCUT2D eigenvalue weighted by Gasteiger charge is 2.17. The summed E-state index contributed by atoms with van der Waals surface area (Å²) in [6, 6.07) is 5.14. The molecule has 0 radical (unpaired) electrons. The lowest BCUT2D eigenvalue weighted by atomic mass is 10.2. The third-order valence-corrected chi connectivity index (χ3v) is 3.56. The molecule has 1 heterocycles. The fourth-order valence-electron chi connectivity index (χ4n) is 1.79. The van der Waals surface area contributed by atoms with Gasteiger partial charge in [-0.05, 0) is 18.2 Å². The summed E-state index contributed by atoms with van der Waals surface area (Å²) >= 11 is 8.27. The molecule has 0 aliphatic rings. The zero-order valence-electron chi connectivity index (χ0n) is 11.4. The van der Waals surface area contributed by atoms with Crippen molar-refractivity contribution in [1.82, 2.24) is 9.78 Å². The van der Waals surface area contributed by atoms with Gasteiger partial charge in [0.05, 0.1) is 24.4 Å². The molecular weight excluding hydrogens is 356 g/mol. The molecule has 0 saturated carbocycles. The fraction of sp³-hybridized carbons (Fsp3) is 0.154. The number of thiocarbonyl (C=S) groups is 1. The maximum absolute atomic E-state index is 12.4. The van der Waals surface area contributed by atoms with E-state index in [4.69, 9.17) is 22.7 Å². The molecule has 0 saturated heterocycles. The van der Waals surface area contributed by atoms with E-state index in [9.17, 15) is 4.79 Å². The number of carbonyl (C=O) groups is 1. The fourth-order valence-corrected chi connectivity index (χ4v) is 2.28. The molecule has 1 aromatic carbocycles. The van der Waals surface area contributed by atoms with E-state index < -0.39 is 0 Å². The molecule has 0 unspecified atom stereocenters. The number of halogens is 1. The average molecular weight is 369 g/mol. The third-order valence-electron chi connectivity index (χ3n) is 2.84. The van der Waals surface area contributed by atoms with Crippen LogP contribution in [0, 0.1) is 0 Å². The summed E-state index contributed by atoms with van der Waals surface area (Å²) in [6.45, 7) is 0. The van der Waals surface area contributed by atoms with E-state index in [2.05, 4.69) is 26.3 Å². The number of nitrogens with one attached hydrogen (secondary N) is 1. The van der Waals surface area contributed by atoms with Crippen LogP contribution >= 0.6 is 28.1 Å². The number of ether oxygens (including phenoxy) is 1. The van der Waals surface area contributed by atoms with Crippen molar-refractivity contribution in [3.63, 3.8) is 0 Å². The van der Waals surface area contributed by atoms with E-state index >= 15 is 0 Å². The highest BCUT2D eigenvalue weighted by atomic mass is 79.9. The maximum Gasteiger partial charge on any atom is 0.260 e. The zero-order chi connectivity index (χ0) is 15.6. The summed E-state index contributed by atoms with van der Waals surface area (Å²) < 4.78 is 7.53. The summed E-state index contributed by atoms with van der Waals surface area (Å²) in [5.41, 5.74) is 6.52. The van der Waals surface area contributed by atoms with Gasteiger partial charge in [0, 0.05) is 11.5 Å². The normalized spacial score (nSPS) is 10.2. The molecule has 110 valence electrons. The Morgan fingerprint density at radius 1 is 1.48 bits per heavy atom. The van der Waals surface area contributed by atoms with Crippen molar-refractivity contribution in [1.29, 1.82) is 0 Å². The highest BCUT2D eigenvalue weighted by Crippen LogP contribution is 2.25. The number of rotatable bonds is 4. The van der Waals surface area contributed by atoms with E-state index in [1.165, 1.54) is 18.0 Å². The van der Waals surface area contributed by atoms with E-state index in [-0.39, 0.29) is 10.9 Å². The van der Waals surface area contributed by atoms with Gasteiger partial charge in [-0.3, -0.25) is 9.48 Å². The van der Waals surface area contributed by atoms with Crippen LogP contribution in [0.1, 0.15) is 15.9 Å². The van der Waals surface area contributed by atoms with Crippen molar-refractivity contribution in [2.45, 2.75) is 0 Å². The van der Waals surface area contributed by atoms with Crippen LogP contribution in [0.2, 0.25) is 0 Å². The van der Waals surface area contributed by atoms with Crippen LogP contribution in [-0.4, -0.2) is 27.8 Å². The van der Waals surface area contributed by atoms with Crippen LogP contribution in [0.4, 0.5) is 5.82 Å². The number of amides is 1. The van der Waals surface area contributed by atoms with Crippen molar-refractivity contribution in [2.24, 2.45) is 12.8 Å². The summed E-state index contributed by atoms with van der Waals surface area (Å²) in [5.74, 6) is 0.568. The molecule has 0 aliphatic heterocycles. The number of nitrogens with two attached hydrogens (primary N) is 1. The number of nitrogens with zero attached hydrogens (tertiary/aromatic N) is 2. The Labute approximate surface area is 135 Å². The first-order valence-corrected chi connectivity index (χ1v) is 7.11. The molecule has 3 N–H and O–H groups in total. The molecule has 0 aliphatic carbocycles. The smallest absolute Gasteiger partial charge is 0.260 e. The summed E-state index contributed by atoms with van der Waals surface area (Å²) in [6.07, 6.45) is 1.51. The minimum Gasteiger partial charge on any atom is -0.496 e. The average Bonchev–Trinajstić information content (AvgIpc) is 2.80. The minimum absolute atomic E-state index is 0.168. The van der Waals surface area contributed by atoms with Gasteiger partial charge in [-0.1, -0.05) is 28.1 Å².